The molecule has 0 aliphatic carbocycles. The number of urea groups is 1. The highest BCUT2D eigenvalue weighted by molar-refractivity contribution is 6.28. The second-order valence-corrected chi connectivity index (χ2v) is 2.99. The number of carboxylic acid groups (broad SMARTS) is 1. The van der Waals surface area contributed by atoms with Gasteiger partial charge in [0.1, 0.15) is 5.88 Å². The molecule has 2 N–H and O–H groups in total. The van der Waals surface area contributed by atoms with Crippen LogP contribution in [0.15, 0.2) is 16.6 Å². The van der Waals surface area contributed by atoms with Gasteiger partial charge in [0, 0.05) is 18.2 Å². The van der Waals surface area contributed by atoms with Gasteiger partial charge in [-0.15, -0.1) is 11.6 Å². The fraction of sp³-hybridized carbons (Fsp3) is 0.333. The Kier molecular flexibility index (Phi) is 6.78. The Morgan fingerprint density at radius 2 is 2.06 bits per heavy atom. The van der Waals surface area contributed by atoms with Crippen LogP contribution in [0.3, 0.4) is 0 Å². The van der Waals surface area contributed by atoms with Crippen molar-refractivity contribution in [3.8, 4) is 0 Å². The van der Waals surface area contributed by atoms with Crippen LogP contribution in [0.4, 0.5) is 4.79 Å². The van der Waals surface area contributed by atoms with Gasteiger partial charge in [-0.2, -0.15) is 0 Å². The minimum Gasteiger partial charge on any atom is -0.478 e. The summed E-state index contributed by atoms with van der Waals surface area (Å²) in [5.41, 5.74) is 0.156. The van der Waals surface area contributed by atoms with Crippen molar-refractivity contribution in [2.24, 2.45) is 4.99 Å². The van der Waals surface area contributed by atoms with E-state index in [1.807, 2.05) is 5.32 Å². The highest BCUT2D eigenvalue weighted by Gasteiger charge is 2.02. The number of imide groups is 1. The zero-order valence-corrected chi connectivity index (χ0v) is 9.32. The summed E-state index contributed by atoms with van der Waals surface area (Å²) in [7, 11) is 0. The standard InChI is InChI=1S/C9H11ClN2O4/c1-6(8(14)15)3-2-4-11-9(16)12-7(13)5-10/h3-4H,2,5H2,1H3,(H,14,15)(H,12,13,16). The number of carboxylic acids is 1. The smallest absolute Gasteiger partial charge is 0.347 e. The van der Waals surface area contributed by atoms with Gasteiger partial charge in [0.05, 0.1) is 0 Å². The van der Waals surface area contributed by atoms with Crippen molar-refractivity contribution >= 4 is 35.7 Å². The normalized spacial score (nSPS) is 11.5. The predicted molar refractivity (Wildman–Crippen MR) is 58.8 cm³/mol. The highest BCUT2D eigenvalue weighted by Crippen LogP contribution is 1.93. The first-order valence-electron chi connectivity index (χ1n) is 4.29. The molecule has 0 rings (SSSR count). The Morgan fingerprint density at radius 1 is 1.44 bits per heavy atom. The van der Waals surface area contributed by atoms with Crippen molar-refractivity contribution in [3.63, 3.8) is 0 Å². The van der Waals surface area contributed by atoms with Crippen LogP contribution in [0, 0.1) is 0 Å². The summed E-state index contributed by atoms with van der Waals surface area (Å²) in [6.07, 6.45) is 2.78. The zero-order valence-electron chi connectivity index (χ0n) is 8.57. The van der Waals surface area contributed by atoms with Crippen molar-refractivity contribution in [1.29, 1.82) is 0 Å². The van der Waals surface area contributed by atoms with E-state index in [9.17, 15) is 14.4 Å². The zero-order chi connectivity index (χ0) is 12.6. The van der Waals surface area contributed by atoms with Gasteiger partial charge in [-0.25, -0.2) is 14.6 Å². The molecule has 88 valence electrons. The maximum atomic E-state index is 10.9. The van der Waals surface area contributed by atoms with Gasteiger partial charge >= 0.3 is 12.0 Å². The third kappa shape index (κ3) is 6.72. The van der Waals surface area contributed by atoms with Gasteiger partial charge in [-0.05, 0) is 6.92 Å². The molecule has 0 saturated carbocycles. The number of halogens is 1. The third-order valence-electron chi connectivity index (χ3n) is 1.44. The summed E-state index contributed by atoms with van der Waals surface area (Å²) in [5, 5.41) is 10.4. The average Bonchev–Trinajstić information content (AvgIpc) is 2.23. The van der Waals surface area contributed by atoms with Gasteiger partial charge in [-0.1, -0.05) is 6.08 Å². The second kappa shape index (κ2) is 7.58. The van der Waals surface area contributed by atoms with Crippen molar-refractivity contribution in [2.45, 2.75) is 13.3 Å². The molecule has 0 unspecified atom stereocenters. The fourth-order valence-electron chi connectivity index (χ4n) is 0.637. The molecule has 16 heavy (non-hydrogen) atoms. The van der Waals surface area contributed by atoms with Gasteiger partial charge in [0.15, 0.2) is 0 Å². The molecule has 0 aliphatic rings. The Labute approximate surface area is 97.0 Å². The summed E-state index contributed by atoms with van der Waals surface area (Å²) in [6.45, 7) is 1.42. The predicted octanol–water partition coefficient (Wildman–Crippen LogP) is 0.953. The van der Waals surface area contributed by atoms with Crippen LogP contribution in [0.5, 0.6) is 0 Å². The number of nitrogens with one attached hydrogen (secondary N) is 1. The summed E-state index contributed by atoms with van der Waals surface area (Å²) in [6, 6.07) is -0.827. The lowest BCUT2D eigenvalue weighted by Crippen LogP contribution is -2.28. The summed E-state index contributed by atoms with van der Waals surface area (Å²) in [5.74, 6) is -1.99. The van der Waals surface area contributed by atoms with Gasteiger partial charge in [0.25, 0.3) is 0 Å². The lowest BCUT2D eigenvalue weighted by atomic mass is 10.2. The topological polar surface area (TPSA) is 95.8 Å². The van der Waals surface area contributed by atoms with Crippen LogP contribution in [-0.4, -0.2) is 35.1 Å². The first-order valence-corrected chi connectivity index (χ1v) is 4.83. The van der Waals surface area contributed by atoms with E-state index >= 15 is 0 Å². The van der Waals surface area contributed by atoms with Gasteiger partial charge in [0.2, 0.25) is 5.91 Å². The van der Waals surface area contributed by atoms with Gasteiger partial charge < -0.3 is 5.11 Å². The lowest BCUT2D eigenvalue weighted by molar-refractivity contribution is -0.132. The number of amides is 3. The number of aliphatic carboxylic acids is 1. The first-order chi connectivity index (χ1) is 7.47. The Bertz CT molecular complexity index is 349. The van der Waals surface area contributed by atoms with E-state index in [2.05, 4.69) is 4.99 Å². The SMILES string of the molecule is CC(=CCC=NC(=O)NC(=O)CCl)C(=O)O. The molecular formula is C9H11ClN2O4. The molecule has 6 nitrogen and oxygen atoms in total. The molecular weight excluding hydrogens is 236 g/mol. The van der Waals surface area contributed by atoms with E-state index in [1.165, 1.54) is 19.2 Å². The van der Waals surface area contributed by atoms with Crippen LogP contribution in [0.2, 0.25) is 0 Å². The largest absolute Gasteiger partial charge is 0.478 e. The number of carbonyl (C=O) groups is 3. The van der Waals surface area contributed by atoms with E-state index in [0.717, 1.165) is 0 Å². The fourth-order valence-corrected chi connectivity index (χ4v) is 0.704. The number of alkyl halides is 1. The number of hydrogen-bond donors (Lipinski definition) is 2. The number of rotatable bonds is 4. The molecule has 0 aromatic heterocycles. The maximum absolute atomic E-state index is 10.9. The second-order valence-electron chi connectivity index (χ2n) is 2.73. The Morgan fingerprint density at radius 3 is 2.56 bits per heavy atom. The van der Waals surface area contributed by atoms with Crippen molar-refractivity contribution in [2.75, 3.05) is 5.88 Å². The van der Waals surface area contributed by atoms with Crippen molar-refractivity contribution in [3.05, 3.63) is 11.6 Å². The number of hydrogen-bond acceptors (Lipinski definition) is 3. The monoisotopic (exact) mass is 246 g/mol. The first kappa shape index (κ1) is 14.3. The maximum Gasteiger partial charge on any atom is 0.347 e. The van der Waals surface area contributed by atoms with Crippen LogP contribution in [-0.2, 0) is 9.59 Å². The van der Waals surface area contributed by atoms with E-state index in [4.69, 9.17) is 16.7 Å². The minimum absolute atomic E-state index is 0.156. The molecule has 0 aromatic rings. The molecule has 0 radical (unpaired) electrons. The molecule has 0 aromatic carbocycles. The highest BCUT2D eigenvalue weighted by atomic mass is 35.5. The molecule has 0 aliphatic heterocycles. The molecule has 0 saturated heterocycles. The van der Waals surface area contributed by atoms with E-state index in [-0.39, 0.29) is 17.9 Å². The summed E-state index contributed by atoms with van der Waals surface area (Å²) < 4.78 is 0. The summed E-state index contributed by atoms with van der Waals surface area (Å²) >= 11 is 5.14. The summed E-state index contributed by atoms with van der Waals surface area (Å²) in [4.78, 5) is 35.2. The Balaban J connectivity index is 4.02. The average molecular weight is 247 g/mol. The number of allylic oxidation sites excluding steroid dienone is 1. The van der Waals surface area contributed by atoms with Crippen LogP contribution in [0.1, 0.15) is 13.3 Å². The van der Waals surface area contributed by atoms with Crippen LogP contribution < -0.4 is 5.32 Å². The number of aliphatic imine (C=N–C) groups is 1. The van der Waals surface area contributed by atoms with Crippen molar-refractivity contribution < 1.29 is 19.5 Å². The van der Waals surface area contributed by atoms with Crippen LogP contribution >= 0.6 is 11.6 Å². The molecule has 7 heteroatoms. The van der Waals surface area contributed by atoms with E-state index in [0.29, 0.717) is 0 Å². The number of carbonyl (C=O) groups excluding carboxylic acids is 2. The molecule has 0 atom stereocenters. The third-order valence-corrected chi connectivity index (χ3v) is 1.69. The van der Waals surface area contributed by atoms with Crippen molar-refractivity contribution in [1.82, 2.24) is 5.32 Å². The van der Waals surface area contributed by atoms with E-state index < -0.39 is 17.9 Å². The quantitative estimate of drug-likeness (QED) is 0.439. The molecule has 0 bridgehead atoms. The van der Waals surface area contributed by atoms with E-state index in [1.54, 1.807) is 0 Å². The minimum atomic E-state index is -1.03. The lowest BCUT2D eigenvalue weighted by Gasteiger charge is -1.94. The molecule has 0 spiro atoms. The number of nitrogens with zero attached hydrogens (tertiary/aromatic N) is 1. The Hall–Kier alpha value is -1.69. The van der Waals surface area contributed by atoms with Gasteiger partial charge in [-0.3, -0.25) is 10.1 Å². The molecule has 0 heterocycles. The molecule has 0 fully saturated rings. The molecule has 3 amide bonds. The van der Waals surface area contributed by atoms with Crippen LogP contribution in [0.25, 0.3) is 0 Å².